The number of allylic oxidation sites excluding steroid dienone is 3. The zero-order valence-corrected chi connectivity index (χ0v) is 46.6. The quantitative estimate of drug-likeness (QED) is 0.0347. The minimum Gasteiger partial charge on any atom is -0.481 e. The van der Waals surface area contributed by atoms with Crippen molar-refractivity contribution in [3.05, 3.63) is 82.6 Å². The Morgan fingerprint density at radius 1 is 0.697 bits per heavy atom. The van der Waals surface area contributed by atoms with E-state index in [1.54, 1.807) is 13.2 Å². The molecule has 4 rings (SSSR count). The maximum atomic E-state index is 12.5. The van der Waals surface area contributed by atoms with Gasteiger partial charge in [0.2, 0.25) is 5.36 Å². The van der Waals surface area contributed by atoms with Gasteiger partial charge in [-0.15, -0.1) is 0 Å². The number of carboxylic acid groups (broad SMARTS) is 1. The van der Waals surface area contributed by atoms with Crippen LogP contribution in [0.2, 0.25) is 0 Å². The molecule has 2 heterocycles. The van der Waals surface area contributed by atoms with Crippen molar-refractivity contribution in [1.29, 1.82) is 0 Å². The predicted octanol–water partition coefficient (Wildman–Crippen LogP) is 4.56. The molecule has 1 aliphatic carbocycles. The maximum Gasteiger partial charge on any atom is 0.305 e. The van der Waals surface area contributed by atoms with E-state index >= 15 is 0 Å². The highest BCUT2D eigenvalue weighted by molar-refractivity contribution is 7.86. The van der Waals surface area contributed by atoms with Crippen LogP contribution in [0.3, 0.4) is 0 Å². The van der Waals surface area contributed by atoms with E-state index in [1.165, 1.54) is 12.1 Å². The van der Waals surface area contributed by atoms with Crippen molar-refractivity contribution in [3.63, 3.8) is 0 Å². The van der Waals surface area contributed by atoms with Gasteiger partial charge in [0.15, 0.2) is 6.54 Å². The largest absolute Gasteiger partial charge is 0.481 e. The predicted molar refractivity (Wildman–Crippen MR) is 284 cm³/mol. The Labute approximate surface area is 447 Å². The third-order valence-corrected chi connectivity index (χ3v) is 14.5. The topological polar surface area (TPSA) is 294 Å². The first kappa shape index (κ1) is 64.3. The Bertz CT molecular complexity index is 2740. The van der Waals surface area contributed by atoms with Gasteiger partial charge in [-0.3, -0.25) is 18.5 Å². The van der Waals surface area contributed by atoms with Gasteiger partial charge in [0.25, 0.3) is 30.4 Å². The van der Waals surface area contributed by atoms with Crippen LogP contribution in [-0.2, 0) is 83.9 Å². The first-order chi connectivity index (χ1) is 35.9. The monoisotopic (exact) mass is 1130 g/mol. The molecule has 0 aromatic heterocycles. The van der Waals surface area contributed by atoms with Crippen molar-refractivity contribution >= 4 is 48.1 Å². The molecule has 0 bridgehead atoms. The molecule has 428 valence electrons. The molecule has 0 radical (unpaired) electrons. The van der Waals surface area contributed by atoms with Crippen LogP contribution in [0.15, 0.2) is 69.6 Å². The Balaban J connectivity index is 1.64. The van der Waals surface area contributed by atoms with E-state index in [2.05, 4.69) is 0 Å². The van der Waals surface area contributed by atoms with E-state index in [4.69, 9.17) is 47.4 Å². The van der Waals surface area contributed by atoms with Gasteiger partial charge in [-0.2, -0.15) is 25.3 Å². The van der Waals surface area contributed by atoms with Gasteiger partial charge in [-0.05, 0) is 67.3 Å². The lowest BCUT2D eigenvalue weighted by Gasteiger charge is -2.30. The van der Waals surface area contributed by atoms with Crippen LogP contribution in [0, 0.1) is 0 Å². The second kappa shape index (κ2) is 31.4. The van der Waals surface area contributed by atoms with Crippen molar-refractivity contribution in [2.24, 2.45) is 0 Å². The Morgan fingerprint density at radius 2 is 1.25 bits per heavy atom. The number of hydrogen-bond donors (Lipinski definition) is 4. The number of benzene rings is 2. The molecule has 0 fully saturated rings. The molecule has 2 aliphatic heterocycles. The van der Waals surface area contributed by atoms with Gasteiger partial charge < -0.3 is 52.3 Å². The average molecular weight is 1130 g/mol. The smallest absolute Gasteiger partial charge is 0.305 e. The lowest BCUT2D eigenvalue weighted by atomic mass is 9.77. The van der Waals surface area contributed by atoms with Crippen molar-refractivity contribution in [2.75, 3.05) is 142 Å². The minimum atomic E-state index is -4.64. The summed E-state index contributed by atoms with van der Waals surface area (Å²) >= 11 is 0. The Morgan fingerprint density at radius 3 is 1.80 bits per heavy atom. The third-order valence-electron chi connectivity index (χ3n) is 12.1. The zero-order chi connectivity index (χ0) is 55.8. The van der Waals surface area contributed by atoms with Crippen LogP contribution < -0.4 is 14.8 Å². The van der Waals surface area contributed by atoms with Gasteiger partial charge >= 0.3 is 5.97 Å². The van der Waals surface area contributed by atoms with Crippen LogP contribution in [0.4, 0.5) is 5.69 Å². The summed E-state index contributed by atoms with van der Waals surface area (Å²) in [5, 5.41) is 9.42. The SMILES string of the molecule is COCCOCCOCCOCC[N+](CCCS(=O)(=O)O)=c1ccc2c(/C=C/C=C3\N(CCOCCOCCOCCOCCC(=O)O)c4ccc(S(=O)(=O)O)cc4C3(C)CCCS(=O)(=O)O)cc(C(C)(C)C)oc-2c1. The summed E-state index contributed by atoms with van der Waals surface area (Å²) in [4.78, 5) is 12.2. The van der Waals surface area contributed by atoms with Crippen molar-refractivity contribution in [1.82, 2.24) is 4.58 Å². The highest BCUT2D eigenvalue weighted by atomic mass is 32.2. The molecule has 0 saturated carbocycles. The Hall–Kier alpha value is -4.19. The number of fused-ring (bicyclic) bond motifs is 2. The second-order valence-corrected chi connectivity index (χ2v) is 23.6. The normalized spacial score (nSPS) is 16.4. The van der Waals surface area contributed by atoms with E-state index in [9.17, 15) is 43.7 Å². The molecule has 0 amide bonds. The summed E-state index contributed by atoms with van der Waals surface area (Å²) < 4.78 is 154. The summed E-state index contributed by atoms with van der Waals surface area (Å²) in [5.41, 5.74) is 1.82. The van der Waals surface area contributed by atoms with E-state index < -0.39 is 58.7 Å². The summed E-state index contributed by atoms with van der Waals surface area (Å²) in [6, 6.07) is 11.9. The summed E-state index contributed by atoms with van der Waals surface area (Å²) in [6.45, 7) is 13.5. The summed E-state index contributed by atoms with van der Waals surface area (Å²) in [5.74, 6) is -0.716. The van der Waals surface area contributed by atoms with E-state index in [0.29, 0.717) is 87.9 Å². The van der Waals surface area contributed by atoms with Crippen LogP contribution >= 0.6 is 0 Å². The Kier molecular flexibility index (Phi) is 26.6. The van der Waals surface area contributed by atoms with E-state index in [0.717, 1.165) is 16.5 Å². The molecule has 22 nitrogen and oxygen atoms in total. The molecule has 76 heavy (non-hydrogen) atoms. The van der Waals surface area contributed by atoms with E-state index in [-0.39, 0.29) is 89.9 Å². The number of carboxylic acids is 1. The third kappa shape index (κ3) is 22.6. The van der Waals surface area contributed by atoms with Crippen LogP contribution in [0.1, 0.15) is 70.3 Å². The number of aliphatic carboxylic acids is 1. The fraction of sp³-hybridized carbons (Fsp3) is 0.608. The lowest BCUT2D eigenvalue weighted by Crippen LogP contribution is -2.35. The first-order valence-electron chi connectivity index (χ1n) is 25.0. The molecular formula is C51H77N2O20S3+. The average Bonchev–Trinajstić information content (AvgIpc) is 3.57. The van der Waals surface area contributed by atoms with Crippen molar-refractivity contribution < 1.29 is 91.1 Å². The van der Waals surface area contributed by atoms with Crippen molar-refractivity contribution in [2.45, 2.75) is 69.1 Å². The molecule has 1 atom stereocenters. The molecule has 1 unspecified atom stereocenters. The molecule has 1 aromatic rings. The van der Waals surface area contributed by atoms with Crippen LogP contribution in [0.5, 0.6) is 0 Å². The molecule has 4 N–H and O–H groups in total. The number of methoxy groups -OCH3 is 1. The molecule has 25 heteroatoms. The molecular weight excluding hydrogens is 1060 g/mol. The zero-order valence-electron chi connectivity index (χ0n) is 44.2. The van der Waals surface area contributed by atoms with Gasteiger partial charge in [0, 0.05) is 53.9 Å². The van der Waals surface area contributed by atoms with Crippen molar-refractivity contribution in [3.8, 4) is 11.3 Å². The number of rotatable bonds is 38. The highest BCUT2D eigenvalue weighted by Crippen LogP contribution is 2.51. The number of nitrogens with zero attached hydrogens (tertiary/aromatic N) is 2. The maximum absolute atomic E-state index is 12.5. The van der Waals surface area contributed by atoms with Gasteiger partial charge in [0.05, 0.1) is 121 Å². The van der Waals surface area contributed by atoms with E-state index in [1.807, 2.05) is 79.7 Å². The molecule has 0 saturated heterocycles. The summed E-state index contributed by atoms with van der Waals surface area (Å²) in [7, 11) is -11.6. The van der Waals surface area contributed by atoms with Gasteiger partial charge in [0.1, 0.15) is 24.7 Å². The number of ether oxygens (including phenoxy) is 8. The highest BCUT2D eigenvalue weighted by Gasteiger charge is 2.44. The molecule has 1 aromatic carbocycles. The first-order valence-corrected chi connectivity index (χ1v) is 29.7. The second-order valence-electron chi connectivity index (χ2n) is 19.0. The fourth-order valence-corrected chi connectivity index (χ4v) is 9.71. The van der Waals surface area contributed by atoms with Crippen LogP contribution in [-0.4, -0.2) is 187 Å². The molecule has 3 aliphatic rings. The number of hydrogen-bond acceptors (Lipinski definition) is 17. The standard InChI is InChI=1S/C51H76N2O20S3/c1-50(2,3)48-37-40(43-13-11-41(38-46(43)73-48)52(17-8-36-75(59,60)61)18-21-67-26-29-71-32-31-69-24-23-65-5)9-6-10-47-51(4,16-7-35-74(56,57)58)44-39-42(76(62,63)64)12-14-45(44)53(47)19-22-68-27-30-72-34-33-70-28-25-66-20-15-49(54)55/h6,9-14,37-39H,7-8,15-36H2,1-5H3,(H3-,54,55,56,57,58,59,60,61,62,63,64)/p+1. The number of anilines is 1. The van der Waals surface area contributed by atoms with Gasteiger partial charge in [-0.1, -0.05) is 32.9 Å². The van der Waals surface area contributed by atoms with Gasteiger partial charge in [-0.25, -0.2) is 4.58 Å². The fourth-order valence-electron chi connectivity index (χ4n) is 8.20. The lowest BCUT2D eigenvalue weighted by molar-refractivity contribution is -0.138. The van der Waals surface area contributed by atoms with Crippen LogP contribution in [0.25, 0.3) is 17.4 Å². The minimum absolute atomic E-state index is 0.0103. The summed E-state index contributed by atoms with van der Waals surface area (Å²) in [6.07, 6.45) is 5.83. The number of carbonyl (C=O) groups is 1. The molecule has 0 spiro atoms.